The summed E-state index contributed by atoms with van der Waals surface area (Å²) in [7, 11) is 2.82. The fourth-order valence-electron chi connectivity index (χ4n) is 0.934. The minimum absolute atomic E-state index is 0.0837. The van der Waals surface area contributed by atoms with Gasteiger partial charge in [-0.1, -0.05) is 0 Å². The molecule has 0 saturated carbocycles. The van der Waals surface area contributed by atoms with E-state index < -0.39 is 11.9 Å². The average Bonchev–Trinajstić information content (AvgIpc) is 2.44. The highest BCUT2D eigenvalue weighted by Gasteiger charge is 2.14. The number of rotatable bonds is 2. The molecule has 1 aromatic rings. The molecular formula is C8H10N2O4. The van der Waals surface area contributed by atoms with Gasteiger partial charge in [0.15, 0.2) is 0 Å². The van der Waals surface area contributed by atoms with Crippen molar-refractivity contribution in [2.24, 2.45) is 7.05 Å². The smallest absolute Gasteiger partial charge is 0.356 e. The van der Waals surface area contributed by atoms with Gasteiger partial charge in [-0.05, 0) is 0 Å². The summed E-state index contributed by atoms with van der Waals surface area (Å²) in [5.74, 6) is -0.932. The maximum Gasteiger partial charge on any atom is 0.356 e. The maximum absolute atomic E-state index is 11.1. The second-order valence-corrected chi connectivity index (χ2v) is 2.58. The zero-order valence-corrected chi connectivity index (χ0v) is 8.10. The van der Waals surface area contributed by atoms with Crippen LogP contribution in [0, 0.1) is 0 Å². The van der Waals surface area contributed by atoms with Crippen molar-refractivity contribution in [1.82, 2.24) is 9.78 Å². The van der Waals surface area contributed by atoms with Crippen LogP contribution in [0.4, 0.5) is 0 Å². The number of hydrogen-bond donors (Lipinski definition) is 0. The Kier molecular flexibility index (Phi) is 2.85. The molecule has 0 radical (unpaired) electrons. The number of methoxy groups -OCH3 is 1. The van der Waals surface area contributed by atoms with Crippen molar-refractivity contribution in [1.29, 1.82) is 0 Å². The lowest BCUT2D eigenvalue weighted by Crippen LogP contribution is -2.07. The normalized spacial score (nSPS) is 9.64. The van der Waals surface area contributed by atoms with Gasteiger partial charge in [-0.3, -0.25) is 9.48 Å². The van der Waals surface area contributed by atoms with Crippen molar-refractivity contribution < 1.29 is 19.1 Å². The van der Waals surface area contributed by atoms with E-state index in [2.05, 4.69) is 9.84 Å². The third kappa shape index (κ3) is 2.09. The summed E-state index contributed by atoms with van der Waals surface area (Å²) in [6.07, 6.45) is 0. The lowest BCUT2D eigenvalue weighted by molar-refractivity contribution is -0.132. The molecule has 0 N–H and O–H groups in total. The number of esters is 2. The van der Waals surface area contributed by atoms with Crippen LogP contribution < -0.4 is 4.74 Å². The molecule has 0 amide bonds. The molecule has 0 aliphatic heterocycles. The molecule has 1 aromatic heterocycles. The highest BCUT2D eigenvalue weighted by Crippen LogP contribution is 2.11. The van der Waals surface area contributed by atoms with Gasteiger partial charge in [0, 0.05) is 20.0 Å². The minimum atomic E-state index is -0.529. The van der Waals surface area contributed by atoms with Crippen molar-refractivity contribution in [3.8, 4) is 5.88 Å². The first kappa shape index (κ1) is 10.2. The molecular weight excluding hydrogens is 188 g/mol. The maximum atomic E-state index is 11.1. The lowest BCUT2D eigenvalue weighted by atomic mass is 10.4. The van der Waals surface area contributed by atoms with E-state index in [-0.39, 0.29) is 11.6 Å². The molecule has 14 heavy (non-hydrogen) atoms. The van der Waals surface area contributed by atoms with Crippen LogP contribution in [0.25, 0.3) is 0 Å². The van der Waals surface area contributed by atoms with Gasteiger partial charge in [-0.2, -0.15) is 0 Å². The first-order chi connectivity index (χ1) is 6.54. The molecule has 0 aromatic carbocycles. The van der Waals surface area contributed by atoms with Crippen LogP contribution in [0.3, 0.4) is 0 Å². The van der Waals surface area contributed by atoms with Gasteiger partial charge in [0.1, 0.15) is 5.69 Å². The van der Waals surface area contributed by atoms with Crippen molar-refractivity contribution in [2.75, 3.05) is 7.11 Å². The van der Waals surface area contributed by atoms with E-state index in [1.807, 2.05) is 0 Å². The molecule has 0 fully saturated rings. The molecule has 0 atom stereocenters. The highest BCUT2D eigenvalue weighted by molar-refractivity contribution is 5.87. The lowest BCUT2D eigenvalue weighted by Gasteiger charge is -1.96. The molecule has 0 aliphatic carbocycles. The molecule has 0 bridgehead atoms. The molecule has 1 rings (SSSR count). The predicted molar refractivity (Wildman–Crippen MR) is 45.9 cm³/mol. The van der Waals surface area contributed by atoms with E-state index in [0.29, 0.717) is 0 Å². The summed E-state index contributed by atoms with van der Waals surface area (Å²) in [4.78, 5) is 21.7. The van der Waals surface area contributed by atoms with Crippen LogP contribution in [-0.2, 0) is 16.6 Å². The quantitative estimate of drug-likeness (QED) is 0.632. The SMILES string of the molecule is COC(=O)c1cc(OC(C)=O)nn1C. The van der Waals surface area contributed by atoms with Gasteiger partial charge in [-0.25, -0.2) is 4.79 Å². The van der Waals surface area contributed by atoms with Crippen molar-refractivity contribution in [3.05, 3.63) is 11.8 Å². The van der Waals surface area contributed by atoms with Gasteiger partial charge in [0.25, 0.3) is 0 Å². The largest absolute Gasteiger partial charge is 0.464 e. The second-order valence-electron chi connectivity index (χ2n) is 2.58. The zero-order chi connectivity index (χ0) is 10.7. The van der Waals surface area contributed by atoms with Crippen LogP contribution >= 0.6 is 0 Å². The van der Waals surface area contributed by atoms with Crippen LogP contribution in [0.2, 0.25) is 0 Å². The van der Waals surface area contributed by atoms with E-state index in [1.54, 1.807) is 7.05 Å². The Bertz CT molecular complexity index is 369. The molecule has 0 aliphatic rings. The average molecular weight is 198 g/mol. The highest BCUT2D eigenvalue weighted by atomic mass is 16.5. The summed E-state index contributed by atoms with van der Waals surface area (Å²) in [6.45, 7) is 1.26. The van der Waals surface area contributed by atoms with Gasteiger partial charge < -0.3 is 9.47 Å². The Morgan fingerprint density at radius 2 is 2.14 bits per heavy atom. The van der Waals surface area contributed by atoms with Crippen molar-refractivity contribution >= 4 is 11.9 Å². The topological polar surface area (TPSA) is 70.4 Å². The zero-order valence-electron chi connectivity index (χ0n) is 8.10. The van der Waals surface area contributed by atoms with Gasteiger partial charge in [0.2, 0.25) is 5.88 Å². The Hall–Kier alpha value is -1.85. The Balaban J connectivity index is 2.93. The summed E-state index contributed by atoms with van der Waals surface area (Å²) in [5.41, 5.74) is 0.226. The third-order valence-corrected chi connectivity index (χ3v) is 1.50. The molecule has 1 heterocycles. The Morgan fingerprint density at radius 1 is 1.50 bits per heavy atom. The number of nitrogens with zero attached hydrogens (tertiary/aromatic N) is 2. The number of carbonyl (C=O) groups excluding carboxylic acids is 2. The van der Waals surface area contributed by atoms with Gasteiger partial charge >= 0.3 is 11.9 Å². The fourth-order valence-corrected chi connectivity index (χ4v) is 0.934. The Morgan fingerprint density at radius 3 is 2.64 bits per heavy atom. The first-order valence-corrected chi connectivity index (χ1v) is 3.85. The predicted octanol–water partition coefficient (Wildman–Crippen LogP) is 0.132. The number of ether oxygens (including phenoxy) is 2. The third-order valence-electron chi connectivity index (χ3n) is 1.50. The van der Waals surface area contributed by atoms with Crippen molar-refractivity contribution in [3.63, 3.8) is 0 Å². The van der Waals surface area contributed by atoms with Gasteiger partial charge in [0.05, 0.1) is 7.11 Å². The fraction of sp³-hybridized carbons (Fsp3) is 0.375. The number of aromatic nitrogens is 2. The molecule has 0 spiro atoms. The number of carbonyl (C=O) groups is 2. The number of aryl methyl sites for hydroxylation is 1. The molecule has 0 unspecified atom stereocenters. The first-order valence-electron chi connectivity index (χ1n) is 3.85. The monoisotopic (exact) mass is 198 g/mol. The summed E-state index contributed by atoms with van der Waals surface area (Å²) < 4.78 is 10.5. The van der Waals surface area contributed by atoms with E-state index in [9.17, 15) is 9.59 Å². The number of hydrogen-bond acceptors (Lipinski definition) is 5. The van der Waals surface area contributed by atoms with Crippen LogP contribution in [0.1, 0.15) is 17.4 Å². The second kappa shape index (κ2) is 3.91. The molecule has 6 heteroatoms. The standard InChI is InChI=1S/C8H10N2O4/c1-5(11)14-7-4-6(8(12)13-3)10(2)9-7/h4H,1-3H3. The van der Waals surface area contributed by atoms with E-state index in [1.165, 1.54) is 24.8 Å². The molecule has 76 valence electrons. The van der Waals surface area contributed by atoms with E-state index in [0.717, 1.165) is 0 Å². The summed E-state index contributed by atoms with van der Waals surface area (Å²) in [6, 6.07) is 1.34. The van der Waals surface area contributed by atoms with E-state index in [4.69, 9.17) is 4.74 Å². The molecule has 6 nitrogen and oxygen atoms in total. The minimum Gasteiger partial charge on any atom is -0.464 e. The summed E-state index contributed by atoms with van der Waals surface area (Å²) >= 11 is 0. The van der Waals surface area contributed by atoms with Crippen LogP contribution in [0.5, 0.6) is 5.88 Å². The summed E-state index contributed by atoms with van der Waals surface area (Å²) in [5, 5.41) is 3.79. The van der Waals surface area contributed by atoms with E-state index >= 15 is 0 Å². The molecule has 0 saturated heterocycles. The van der Waals surface area contributed by atoms with Crippen LogP contribution in [0.15, 0.2) is 6.07 Å². The van der Waals surface area contributed by atoms with Crippen molar-refractivity contribution in [2.45, 2.75) is 6.92 Å². The Labute approximate surface area is 80.4 Å². The van der Waals surface area contributed by atoms with Gasteiger partial charge in [-0.15, -0.1) is 5.10 Å². The van der Waals surface area contributed by atoms with Crippen LogP contribution in [-0.4, -0.2) is 28.8 Å².